The molecule has 4 nitrogen and oxygen atoms in total. The summed E-state index contributed by atoms with van der Waals surface area (Å²) < 4.78 is 0. The molecule has 0 fully saturated rings. The summed E-state index contributed by atoms with van der Waals surface area (Å²) >= 11 is 0. The summed E-state index contributed by atoms with van der Waals surface area (Å²) in [4.78, 5) is 12.1. The lowest BCUT2D eigenvalue weighted by Crippen LogP contribution is -2.12. The molecule has 0 radical (unpaired) electrons. The molecule has 0 saturated carbocycles. The van der Waals surface area contributed by atoms with Crippen LogP contribution in [-0.2, 0) is 0 Å². The lowest BCUT2D eigenvalue weighted by molar-refractivity contribution is 0.102. The Kier molecular flexibility index (Phi) is 4.60. The molecule has 21 heavy (non-hydrogen) atoms. The van der Waals surface area contributed by atoms with Crippen molar-refractivity contribution >= 4 is 11.6 Å². The quantitative estimate of drug-likeness (QED) is 0.739. The molecular weight excluding hydrogens is 264 g/mol. The highest BCUT2D eigenvalue weighted by molar-refractivity contribution is 6.06. The predicted molar refractivity (Wildman–Crippen MR) is 83.2 cm³/mol. The number of benzene rings is 2. The first-order valence-corrected chi connectivity index (χ1v) is 6.50. The third-order valence-electron chi connectivity index (χ3n) is 2.85. The van der Waals surface area contributed by atoms with Crippen LogP contribution in [0, 0.1) is 18.8 Å². The molecule has 0 saturated heterocycles. The summed E-state index contributed by atoms with van der Waals surface area (Å²) in [6.07, 6.45) is 0. The van der Waals surface area contributed by atoms with Crippen LogP contribution in [-0.4, -0.2) is 17.6 Å². The van der Waals surface area contributed by atoms with E-state index in [0.29, 0.717) is 5.69 Å². The Bertz CT molecular complexity index is 727. The molecule has 106 valence electrons. The zero-order chi connectivity index (χ0) is 15.2. The Hall–Kier alpha value is -2.77. The van der Waals surface area contributed by atoms with Crippen LogP contribution in [0.25, 0.3) is 0 Å². The first-order valence-electron chi connectivity index (χ1n) is 6.50. The lowest BCUT2D eigenvalue weighted by atomic mass is 10.1. The summed E-state index contributed by atoms with van der Waals surface area (Å²) in [5.41, 5.74) is 7.84. The SMILES string of the molecule is Cc1ccc(C(=O)Nc2cccc(C#CCN)c2)c(O)c1. The van der Waals surface area contributed by atoms with E-state index in [0.717, 1.165) is 11.1 Å². The van der Waals surface area contributed by atoms with Gasteiger partial charge in [-0.1, -0.05) is 24.0 Å². The van der Waals surface area contributed by atoms with Gasteiger partial charge >= 0.3 is 0 Å². The maximum Gasteiger partial charge on any atom is 0.259 e. The molecule has 0 aromatic heterocycles. The summed E-state index contributed by atoms with van der Waals surface area (Å²) in [6, 6.07) is 12.1. The Morgan fingerprint density at radius 3 is 2.81 bits per heavy atom. The van der Waals surface area contributed by atoms with Gasteiger partial charge in [-0.15, -0.1) is 0 Å². The monoisotopic (exact) mass is 280 g/mol. The summed E-state index contributed by atoms with van der Waals surface area (Å²) in [7, 11) is 0. The van der Waals surface area contributed by atoms with Gasteiger partial charge in [0.15, 0.2) is 0 Å². The van der Waals surface area contributed by atoms with E-state index >= 15 is 0 Å². The Balaban J connectivity index is 2.19. The molecule has 0 aliphatic heterocycles. The van der Waals surface area contributed by atoms with Crippen molar-refractivity contribution in [3.8, 4) is 17.6 Å². The molecule has 4 heteroatoms. The smallest absolute Gasteiger partial charge is 0.259 e. The van der Waals surface area contributed by atoms with Crippen molar-refractivity contribution in [2.24, 2.45) is 5.73 Å². The van der Waals surface area contributed by atoms with Crippen molar-refractivity contribution in [3.63, 3.8) is 0 Å². The molecule has 0 aliphatic carbocycles. The number of aromatic hydroxyl groups is 1. The molecule has 0 aliphatic rings. The van der Waals surface area contributed by atoms with Crippen LogP contribution in [0.1, 0.15) is 21.5 Å². The highest BCUT2D eigenvalue weighted by Crippen LogP contribution is 2.20. The van der Waals surface area contributed by atoms with Crippen molar-refractivity contribution in [3.05, 3.63) is 59.2 Å². The number of hydrogen-bond acceptors (Lipinski definition) is 3. The van der Waals surface area contributed by atoms with Gasteiger partial charge in [-0.25, -0.2) is 0 Å². The maximum atomic E-state index is 12.1. The fraction of sp³-hybridized carbons (Fsp3) is 0.118. The van der Waals surface area contributed by atoms with Crippen molar-refractivity contribution in [2.45, 2.75) is 6.92 Å². The number of phenolic OH excluding ortho intramolecular Hbond substituents is 1. The predicted octanol–water partition coefficient (Wildman–Crippen LogP) is 2.26. The molecule has 0 unspecified atom stereocenters. The summed E-state index contributed by atoms with van der Waals surface area (Å²) in [5, 5.41) is 12.6. The van der Waals surface area contributed by atoms with E-state index < -0.39 is 0 Å². The number of nitrogens with two attached hydrogens (primary N) is 1. The van der Waals surface area contributed by atoms with Crippen molar-refractivity contribution in [1.82, 2.24) is 0 Å². The highest BCUT2D eigenvalue weighted by Gasteiger charge is 2.11. The minimum absolute atomic E-state index is 0.0356. The van der Waals surface area contributed by atoms with E-state index in [1.165, 1.54) is 0 Å². The molecule has 0 atom stereocenters. The number of anilines is 1. The molecule has 0 spiro atoms. The van der Waals surface area contributed by atoms with Gasteiger partial charge in [0, 0.05) is 11.3 Å². The normalized spacial score (nSPS) is 9.62. The number of phenols is 1. The van der Waals surface area contributed by atoms with Gasteiger partial charge in [-0.05, 0) is 42.8 Å². The second-order valence-electron chi connectivity index (χ2n) is 4.56. The summed E-state index contributed by atoms with van der Waals surface area (Å²) in [5.74, 6) is 5.26. The van der Waals surface area contributed by atoms with E-state index in [2.05, 4.69) is 17.2 Å². The Morgan fingerprint density at radius 2 is 2.10 bits per heavy atom. The van der Waals surface area contributed by atoms with Gasteiger partial charge in [-0.3, -0.25) is 4.79 Å². The van der Waals surface area contributed by atoms with Crippen LogP contribution in [0.5, 0.6) is 5.75 Å². The van der Waals surface area contributed by atoms with Crippen molar-refractivity contribution in [2.75, 3.05) is 11.9 Å². The lowest BCUT2D eigenvalue weighted by Gasteiger charge is -2.07. The number of aryl methyl sites for hydroxylation is 1. The maximum absolute atomic E-state index is 12.1. The average Bonchev–Trinajstić information content (AvgIpc) is 2.45. The van der Waals surface area contributed by atoms with Crippen LogP contribution < -0.4 is 11.1 Å². The largest absolute Gasteiger partial charge is 0.507 e. The minimum Gasteiger partial charge on any atom is -0.507 e. The van der Waals surface area contributed by atoms with Gasteiger partial charge < -0.3 is 16.2 Å². The Labute approximate surface area is 123 Å². The van der Waals surface area contributed by atoms with Crippen molar-refractivity contribution < 1.29 is 9.90 Å². The first kappa shape index (κ1) is 14.6. The van der Waals surface area contributed by atoms with Gasteiger partial charge in [0.1, 0.15) is 5.75 Å². The first-order chi connectivity index (χ1) is 10.1. The molecule has 2 aromatic carbocycles. The van der Waals surface area contributed by atoms with E-state index in [1.807, 2.05) is 13.0 Å². The molecule has 0 heterocycles. The van der Waals surface area contributed by atoms with Crippen molar-refractivity contribution in [1.29, 1.82) is 0 Å². The molecule has 2 rings (SSSR count). The molecule has 1 amide bonds. The van der Waals surface area contributed by atoms with Crippen LogP contribution in [0.3, 0.4) is 0 Å². The van der Waals surface area contributed by atoms with E-state index in [-0.39, 0.29) is 23.8 Å². The number of carbonyl (C=O) groups excluding carboxylic acids is 1. The van der Waals surface area contributed by atoms with Gasteiger partial charge in [0.2, 0.25) is 0 Å². The average molecular weight is 280 g/mol. The van der Waals surface area contributed by atoms with E-state index in [9.17, 15) is 9.90 Å². The Morgan fingerprint density at radius 1 is 1.29 bits per heavy atom. The van der Waals surface area contributed by atoms with Crippen LogP contribution in [0.2, 0.25) is 0 Å². The van der Waals surface area contributed by atoms with E-state index in [4.69, 9.17) is 5.73 Å². The number of carbonyl (C=O) groups is 1. The van der Waals surface area contributed by atoms with Crippen LogP contribution in [0.4, 0.5) is 5.69 Å². The number of rotatable bonds is 2. The van der Waals surface area contributed by atoms with Crippen LogP contribution >= 0.6 is 0 Å². The topological polar surface area (TPSA) is 75.4 Å². The zero-order valence-corrected chi connectivity index (χ0v) is 11.7. The summed E-state index contributed by atoms with van der Waals surface area (Å²) in [6.45, 7) is 2.13. The third kappa shape index (κ3) is 3.85. The molecular formula is C17H16N2O2. The number of amides is 1. The van der Waals surface area contributed by atoms with Gasteiger partial charge in [-0.2, -0.15) is 0 Å². The molecule has 4 N–H and O–H groups in total. The van der Waals surface area contributed by atoms with Crippen LogP contribution in [0.15, 0.2) is 42.5 Å². The fourth-order valence-electron chi connectivity index (χ4n) is 1.86. The minimum atomic E-state index is -0.364. The second kappa shape index (κ2) is 6.60. The number of hydrogen-bond donors (Lipinski definition) is 3. The fourth-order valence-corrected chi connectivity index (χ4v) is 1.86. The van der Waals surface area contributed by atoms with Gasteiger partial charge in [0.25, 0.3) is 5.91 Å². The third-order valence-corrected chi connectivity index (χ3v) is 2.85. The standard InChI is InChI=1S/C17H16N2O2/c1-12-7-8-15(16(20)10-12)17(21)19-14-6-2-4-13(11-14)5-3-9-18/h2,4,6-8,10-11,20H,9,18H2,1H3,(H,19,21). The highest BCUT2D eigenvalue weighted by atomic mass is 16.3. The van der Waals surface area contributed by atoms with Gasteiger partial charge in [0.05, 0.1) is 12.1 Å². The van der Waals surface area contributed by atoms with E-state index in [1.54, 1.807) is 36.4 Å². The second-order valence-corrected chi connectivity index (χ2v) is 4.56. The molecule has 0 bridgehead atoms. The number of nitrogens with one attached hydrogen (secondary N) is 1. The molecule has 2 aromatic rings. The zero-order valence-electron chi connectivity index (χ0n) is 11.7.